The van der Waals surface area contributed by atoms with E-state index >= 15 is 0 Å². The summed E-state index contributed by atoms with van der Waals surface area (Å²) >= 11 is 0. The van der Waals surface area contributed by atoms with Crippen molar-refractivity contribution in [2.75, 3.05) is 6.61 Å². The highest BCUT2D eigenvalue weighted by Crippen LogP contribution is 2.42. The molecule has 2 fully saturated rings. The Balaban J connectivity index is 0.00000387. The smallest absolute Gasteiger partial charge is 0.429 e. The molecule has 2 saturated carbocycles. The van der Waals surface area contributed by atoms with Gasteiger partial charge in [0.1, 0.15) is 6.10 Å². The molecule has 4 atom stereocenters. The number of carbonyl (C=O) groups is 2. The number of amides is 2. The third-order valence-corrected chi connectivity index (χ3v) is 8.91. The van der Waals surface area contributed by atoms with Crippen molar-refractivity contribution in [1.82, 2.24) is 15.0 Å². The lowest BCUT2D eigenvalue weighted by Crippen LogP contribution is -2.64. The molecule has 2 aliphatic rings. The Morgan fingerprint density at radius 2 is 1.78 bits per heavy atom. The first-order chi connectivity index (χ1) is 19.3. The highest BCUT2D eigenvalue weighted by Gasteiger charge is 2.44. The van der Waals surface area contributed by atoms with Gasteiger partial charge in [0.2, 0.25) is 5.91 Å². The number of benzene rings is 2. The van der Waals surface area contributed by atoms with Crippen LogP contribution in [0.2, 0.25) is 0 Å². The maximum Gasteiger partial charge on any atom is 0.429 e. The third kappa shape index (κ3) is 6.78. The zero-order valence-corrected chi connectivity index (χ0v) is 24.0. The summed E-state index contributed by atoms with van der Waals surface area (Å²) in [5.41, 5.74) is 2.23. The minimum atomic E-state index is -0.832. The third-order valence-electron chi connectivity index (χ3n) is 8.91. The molecule has 0 saturated heterocycles. The summed E-state index contributed by atoms with van der Waals surface area (Å²) in [7, 11) is 0. The normalized spacial score (nSPS) is 21.0. The van der Waals surface area contributed by atoms with Gasteiger partial charge in [-0.05, 0) is 81.4 Å². The summed E-state index contributed by atoms with van der Waals surface area (Å²) in [4.78, 5) is 30.9. The number of para-hydroxylation sites is 1. The van der Waals surface area contributed by atoms with Crippen molar-refractivity contribution in [2.24, 2.45) is 11.8 Å². The summed E-state index contributed by atoms with van der Waals surface area (Å²) in [6.07, 6.45) is 8.82. The molecule has 4 unspecified atom stereocenters. The fraction of sp³-hybridized carbons (Fsp3) is 0.529. The summed E-state index contributed by atoms with van der Waals surface area (Å²) in [5, 5.41) is 14.6. The van der Waals surface area contributed by atoms with Crippen LogP contribution in [-0.4, -0.2) is 56.4 Å². The van der Waals surface area contributed by atoms with Crippen LogP contribution in [0.25, 0.3) is 10.9 Å². The molecular weight excluding hydrogens is 514 g/mol. The van der Waals surface area contributed by atoms with E-state index in [0.29, 0.717) is 18.8 Å². The van der Waals surface area contributed by atoms with Gasteiger partial charge in [0.05, 0.1) is 18.2 Å². The largest absolute Gasteiger partial charge is 0.445 e. The zero-order chi connectivity index (χ0) is 28.3. The Morgan fingerprint density at radius 1 is 1.05 bits per heavy atom. The molecule has 2 aromatic carbocycles. The van der Waals surface area contributed by atoms with Crippen LogP contribution in [0, 0.1) is 11.8 Å². The van der Waals surface area contributed by atoms with E-state index in [1.54, 1.807) is 0 Å². The first-order valence-electron chi connectivity index (χ1n) is 14.8. The van der Waals surface area contributed by atoms with E-state index < -0.39 is 17.7 Å². The molecule has 2 N–H and O–H groups in total. The molecule has 3 aromatic rings. The molecule has 0 radical (unpaired) electrons. The van der Waals surface area contributed by atoms with Crippen molar-refractivity contribution in [3.8, 4) is 0 Å². The van der Waals surface area contributed by atoms with Crippen LogP contribution in [0.15, 0.2) is 60.8 Å². The Morgan fingerprint density at radius 3 is 2.51 bits per heavy atom. The fourth-order valence-corrected chi connectivity index (χ4v) is 7.02. The number of aliphatic hydroxyl groups is 1. The number of carbonyl (C=O) groups excluding carboxylic acids is 2. The molecule has 7 nitrogen and oxygen atoms in total. The van der Waals surface area contributed by atoms with E-state index in [4.69, 9.17) is 4.74 Å². The van der Waals surface area contributed by atoms with Crippen molar-refractivity contribution in [3.63, 3.8) is 0 Å². The van der Waals surface area contributed by atoms with E-state index in [2.05, 4.69) is 11.1 Å². The summed E-state index contributed by atoms with van der Waals surface area (Å²) in [5.74, 6) is 0.806. The lowest BCUT2D eigenvalue weighted by atomic mass is 9.71. The number of aliphatic hydroxyl groups excluding tert-OH is 1. The highest BCUT2D eigenvalue weighted by atomic mass is 16.6. The lowest BCUT2D eigenvalue weighted by Gasteiger charge is -2.48. The number of fused-ring (bicyclic) bond motifs is 3. The second-order valence-electron chi connectivity index (χ2n) is 12.3. The van der Waals surface area contributed by atoms with Gasteiger partial charge in [-0.25, -0.2) is 14.8 Å². The second kappa shape index (κ2) is 13.1. The fourth-order valence-electron chi connectivity index (χ4n) is 7.02. The summed E-state index contributed by atoms with van der Waals surface area (Å²) in [6.45, 7) is 5.12. The predicted molar refractivity (Wildman–Crippen MR) is 163 cm³/mol. The second-order valence-corrected chi connectivity index (χ2v) is 12.3. The molecule has 2 bridgehead atoms. The van der Waals surface area contributed by atoms with E-state index in [-0.39, 0.29) is 26.0 Å². The van der Waals surface area contributed by atoms with E-state index in [1.807, 2.05) is 68.6 Å². The number of aromatic amines is 1. The molecule has 0 spiro atoms. The molecule has 1 aromatic heterocycles. The standard InChI is InChI=1S/C33H43N3O4.CH4/c1-23(38)35(28(22-37)19-24-10-5-4-6-11-24)36(32(39)40-31-17-16-25-12-9-13-26(31)18-25)33(2,3)20-27-21-34-30-15-8-7-14-29(27)30;/h4-8,10-11,14-15,21,25-26,28,31,34,37H,9,12-13,16-20,22H2,1-3H3;1H4. The quantitative estimate of drug-likeness (QED) is 0.293. The number of H-pyrrole nitrogens is 1. The number of ether oxygens (including phenoxy) is 1. The van der Waals surface area contributed by atoms with Gasteiger partial charge in [-0.3, -0.25) is 4.79 Å². The van der Waals surface area contributed by atoms with Gasteiger partial charge in [0, 0.05) is 24.0 Å². The lowest BCUT2D eigenvalue weighted by molar-refractivity contribution is -0.166. The number of aromatic nitrogens is 1. The molecule has 41 heavy (non-hydrogen) atoms. The van der Waals surface area contributed by atoms with Gasteiger partial charge in [-0.2, -0.15) is 0 Å². The van der Waals surface area contributed by atoms with E-state index in [1.165, 1.54) is 29.8 Å². The van der Waals surface area contributed by atoms with Crippen molar-refractivity contribution < 1.29 is 19.4 Å². The average Bonchev–Trinajstić information content (AvgIpc) is 3.34. The molecule has 1 heterocycles. The van der Waals surface area contributed by atoms with Crippen LogP contribution in [0.5, 0.6) is 0 Å². The van der Waals surface area contributed by atoms with Crippen molar-refractivity contribution in [3.05, 3.63) is 71.9 Å². The average molecular weight is 562 g/mol. The Kier molecular flexibility index (Phi) is 9.80. The maximum absolute atomic E-state index is 14.3. The van der Waals surface area contributed by atoms with Crippen LogP contribution in [0.3, 0.4) is 0 Å². The first-order valence-corrected chi connectivity index (χ1v) is 14.8. The van der Waals surface area contributed by atoms with Crippen molar-refractivity contribution in [1.29, 1.82) is 0 Å². The number of hydrogen-bond acceptors (Lipinski definition) is 4. The minimum Gasteiger partial charge on any atom is -0.445 e. The number of nitrogens with zero attached hydrogens (tertiary/aromatic N) is 2. The van der Waals surface area contributed by atoms with Gasteiger partial charge in [0.25, 0.3) is 0 Å². The monoisotopic (exact) mass is 561 g/mol. The van der Waals surface area contributed by atoms with Gasteiger partial charge in [-0.15, -0.1) is 0 Å². The van der Waals surface area contributed by atoms with Crippen LogP contribution in [-0.2, 0) is 22.4 Å². The number of hydrazine groups is 1. The van der Waals surface area contributed by atoms with Crippen LogP contribution in [0.4, 0.5) is 4.79 Å². The van der Waals surface area contributed by atoms with Crippen molar-refractivity contribution in [2.45, 2.75) is 97.2 Å². The topological polar surface area (TPSA) is 85.9 Å². The Bertz CT molecular complexity index is 1300. The Labute approximate surface area is 244 Å². The van der Waals surface area contributed by atoms with Crippen molar-refractivity contribution >= 4 is 22.9 Å². The van der Waals surface area contributed by atoms with Gasteiger partial charge in [0.15, 0.2) is 0 Å². The van der Waals surface area contributed by atoms with E-state index in [9.17, 15) is 14.7 Å². The minimum absolute atomic E-state index is 0. The zero-order valence-electron chi connectivity index (χ0n) is 24.0. The summed E-state index contributed by atoms with van der Waals surface area (Å²) in [6, 6.07) is 17.2. The molecule has 5 rings (SSSR count). The van der Waals surface area contributed by atoms with Crippen LogP contribution < -0.4 is 0 Å². The number of nitrogens with one attached hydrogen (secondary N) is 1. The van der Waals surface area contributed by atoms with Crippen LogP contribution in [0.1, 0.15) is 77.8 Å². The van der Waals surface area contributed by atoms with Crippen LogP contribution >= 0.6 is 0 Å². The molecule has 222 valence electrons. The molecular formula is C34H47N3O4. The molecule has 7 heteroatoms. The molecule has 2 amide bonds. The Hall–Kier alpha value is -3.32. The predicted octanol–water partition coefficient (Wildman–Crippen LogP) is 6.90. The molecule has 2 aliphatic carbocycles. The number of rotatable bonds is 8. The number of hydrogen-bond donors (Lipinski definition) is 2. The SMILES string of the molecule is C.CC(=O)N(C(CO)Cc1ccccc1)N(C(=O)OC1CCC2CCCC1C2)C(C)(C)Cc1c[nH]c2ccccc12. The van der Waals surface area contributed by atoms with Gasteiger partial charge >= 0.3 is 6.09 Å². The van der Waals surface area contributed by atoms with Gasteiger partial charge < -0.3 is 14.8 Å². The van der Waals surface area contributed by atoms with Gasteiger partial charge in [-0.1, -0.05) is 68.8 Å². The highest BCUT2D eigenvalue weighted by molar-refractivity contribution is 5.83. The van der Waals surface area contributed by atoms with E-state index in [0.717, 1.165) is 53.6 Å². The first kappa shape index (κ1) is 30.6. The molecule has 0 aliphatic heterocycles. The summed E-state index contributed by atoms with van der Waals surface area (Å²) < 4.78 is 6.31. The maximum atomic E-state index is 14.3.